The van der Waals surface area contributed by atoms with Gasteiger partial charge in [0.25, 0.3) is 11.6 Å². The molecule has 40 heavy (non-hydrogen) atoms. The van der Waals surface area contributed by atoms with Gasteiger partial charge in [-0.2, -0.15) is 0 Å². The lowest BCUT2D eigenvalue weighted by atomic mass is 10.1. The number of hydrogen-bond donors (Lipinski definition) is 1. The van der Waals surface area contributed by atoms with Crippen LogP contribution in [0.5, 0.6) is 11.5 Å². The predicted octanol–water partition coefficient (Wildman–Crippen LogP) is 3.69. The number of benzene rings is 2. The third-order valence-corrected chi connectivity index (χ3v) is 5.57. The number of imide groups is 1. The van der Waals surface area contributed by atoms with Gasteiger partial charge in [0.15, 0.2) is 0 Å². The molecular weight excluding hydrogens is 526 g/mol. The van der Waals surface area contributed by atoms with Crippen molar-refractivity contribution >= 4 is 41.7 Å². The molecule has 3 aromatic rings. The van der Waals surface area contributed by atoms with Crippen LogP contribution >= 0.6 is 0 Å². The van der Waals surface area contributed by atoms with Crippen LogP contribution in [0, 0.1) is 10.1 Å². The molecule has 1 aliphatic rings. The smallest absolute Gasteiger partial charge is 0.373 e. The fourth-order valence-corrected chi connectivity index (χ4v) is 3.58. The maximum Gasteiger partial charge on any atom is 0.373 e. The van der Waals surface area contributed by atoms with Crippen molar-refractivity contribution in [2.24, 2.45) is 0 Å². The molecule has 0 unspecified atom stereocenters. The van der Waals surface area contributed by atoms with E-state index in [1.54, 1.807) is 24.3 Å². The van der Waals surface area contributed by atoms with Crippen molar-refractivity contribution in [3.63, 3.8) is 0 Å². The number of carbonyl (C=O) groups excluding carboxylic acids is 4. The number of methoxy groups -OCH3 is 2. The first-order valence-electron chi connectivity index (χ1n) is 11.5. The number of furan rings is 1. The molecule has 2 heterocycles. The third kappa shape index (κ3) is 6.22. The molecule has 0 spiro atoms. The highest BCUT2D eigenvalue weighted by Gasteiger charge is 2.35. The van der Waals surface area contributed by atoms with Crippen LogP contribution in [-0.2, 0) is 20.9 Å². The topological polar surface area (TPSA) is 168 Å². The summed E-state index contributed by atoms with van der Waals surface area (Å²) in [6.07, 6.45) is 3.82. The summed E-state index contributed by atoms with van der Waals surface area (Å²) in [5.41, 5.74) is 0.131. The Morgan fingerprint density at radius 2 is 1.82 bits per heavy atom. The minimum Gasteiger partial charge on any atom is -0.497 e. The highest BCUT2D eigenvalue weighted by Crippen LogP contribution is 2.28. The number of nitrogens with zero attached hydrogens (tertiary/aromatic N) is 2. The predicted molar refractivity (Wildman–Crippen MR) is 138 cm³/mol. The second-order valence-electron chi connectivity index (χ2n) is 8.14. The number of nitrogens with one attached hydrogen (secondary N) is 1. The monoisotopic (exact) mass is 547 g/mol. The summed E-state index contributed by atoms with van der Waals surface area (Å²) in [5.74, 6) is -1.70. The number of carbonyl (C=O) groups is 4. The van der Waals surface area contributed by atoms with Gasteiger partial charge in [-0.25, -0.2) is 14.4 Å². The number of amides is 3. The maximum atomic E-state index is 13.0. The molecule has 13 nitrogen and oxygen atoms in total. The van der Waals surface area contributed by atoms with Crippen LogP contribution < -0.4 is 14.8 Å². The normalized spacial score (nSPS) is 13.9. The molecule has 13 heteroatoms. The standard InChI is InChI=1S/C27H21N3O10/c1-37-19-7-3-16(4-8-19)5-12-24(31)40-22-10-6-18(30(35)36)13-17(22)14-21-25(32)29(27(34)28-21)15-20-9-11-23(39-20)26(33)38-2/h3-14H,15H2,1-2H3,(H,28,34)/b12-5+,21-14-. The Labute approximate surface area is 226 Å². The SMILES string of the molecule is COC(=O)c1ccc(CN2C(=O)N/C(=C\c3cc([N+](=O)[O-])ccc3OC(=O)/C=C/c3ccc(OC)cc3)C2=O)o1. The van der Waals surface area contributed by atoms with Crippen molar-refractivity contribution < 1.29 is 42.7 Å². The number of rotatable bonds is 9. The van der Waals surface area contributed by atoms with Gasteiger partial charge in [-0.15, -0.1) is 0 Å². The Bertz CT molecular complexity index is 1550. The average molecular weight is 547 g/mol. The van der Waals surface area contributed by atoms with Crippen LogP contribution in [0.3, 0.4) is 0 Å². The van der Waals surface area contributed by atoms with Crippen LogP contribution in [0.2, 0.25) is 0 Å². The number of urea groups is 1. The Balaban J connectivity index is 1.55. The van der Waals surface area contributed by atoms with Crippen molar-refractivity contribution in [3.8, 4) is 11.5 Å². The molecule has 1 aromatic heterocycles. The molecule has 0 aliphatic carbocycles. The van der Waals surface area contributed by atoms with Crippen LogP contribution in [-0.4, -0.2) is 47.9 Å². The lowest BCUT2D eigenvalue weighted by Crippen LogP contribution is -2.30. The molecule has 204 valence electrons. The zero-order valence-electron chi connectivity index (χ0n) is 21.1. The van der Waals surface area contributed by atoms with Crippen LogP contribution in [0.25, 0.3) is 12.2 Å². The van der Waals surface area contributed by atoms with Crippen LogP contribution in [0.4, 0.5) is 10.5 Å². The zero-order chi connectivity index (χ0) is 28.8. The number of esters is 2. The van der Waals surface area contributed by atoms with Gasteiger partial charge in [0.2, 0.25) is 5.76 Å². The Morgan fingerprint density at radius 3 is 2.50 bits per heavy atom. The average Bonchev–Trinajstić information content (AvgIpc) is 3.52. The number of ether oxygens (including phenoxy) is 3. The van der Waals surface area contributed by atoms with E-state index in [0.29, 0.717) is 11.3 Å². The molecule has 0 atom stereocenters. The first kappa shape index (κ1) is 27.3. The zero-order valence-corrected chi connectivity index (χ0v) is 21.1. The summed E-state index contributed by atoms with van der Waals surface area (Å²) in [6.45, 7) is -0.300. The van der Waals surface area contributed by atoms with E-state index in [2.05, 4.69) is 10.1 Å². The number of nitro benzene ring substituents is 1. The first-order chi connectivity index (χ1) is 19.2. The molecule has 1 N–H and O–H groups in total. The minimum atomic E-state index is -0.793. The van der Waals surface area contributed by atoms with Gasteiger partial charge >= 0.3 is 18.0 Å². The fraction of sp³-hybridized carbons (Fsp3) is 0.111. The molecule has 4 rings (SSSR count). The van der Waals surface area contributed by atoms with E-state index in [1.165, 1.54) is 38.5 Å². The maximum absolute atomic E-state index is 13.0. The van der Waals surface area contributed by atoms with Gasteiger partial charge in [0, 0.05) is 23.8 Å². The molecule has 0 radical (unpaired) electrons. The highest BCUT2D eigenvalue weighted by atomic mass is 16.6. The molecule has 1 fully saturated rings. The summed E-state index contributed by atoms with van der Waals surface area (Å²) < 4.78 is 20.3. The highest BCUT2D eigenvalue weighted by molar-refractivity contribution is 6.14. The summed E-state index contributed by atoms with van der Waals surface area (Å²) in [4.78, 5) is 61.0. The molecule has 3 amide bonds. The molecule has 1 saturated heterocycles. The summed E-state index contributed by atoms with van der Waals surface area (Å²) in [7, 11) is 2.71. The van der Waals surface area contributed by atoms with E-state index >= 15 is 0 Å². The largest absolute Gasteiger partial charge is 0.497 e. The first-order valence-corrected chi connectivity index (χ1v) is 11.5. The lowest BCUT2D eigenvalue weighted by molar-refractivity contribution is -0.384. The van der Waals surface area contributed by atoms with E-state index in [4.69, 9.17) is 13.9 Å². The van der Waals surface area contributed by atoms with E-state index in [0.717, 1.165) is 29.2 Å². The van der Waals surface area contributed by atoms with Gasteiger partial charge in [-0.3, -0.25) is 19.8 Å². The number of nitro groups is 1. The molecule has 1 aliphatic heterocycles. The van der Waals surface area contributed by atoms with E-state index in [-0.39, 0.29) is 40.8 Å². The summed E-state index contributed by atoms with van der Waals surface area (Å²) in [6, 6.07) is 12.3. The summed E-state index contributed by atoms with van der Waals surface area (Å²) in [5, 5.41) is 13.7. The van der Waals surface area contributed by atoms with Crippen molar-refractivity contribution in [2.75, 3.05) is 14.2 Å². The van der Waals surface area contributed by atoms with Crippen molar-refractivity contribution in [2.45, 2.75) is 6.54 Å². The van der Waals surface area contributed by atoms with Crippen LogP contribution in [0.15, 0.2) is 70.8 Å². The number of non-ortho nitro benzene ring substituents is 1. The van der Waals surface area contributed by atoms with Crippen molar-refractivity contribution in [1.82, 2.24) is 10.2 Å². The summed E-state index contributed by atoms with van der Waals surface area (Å²) >= 11 is 0. The third-order valence-electron chi connectivity index (χ3n) is 5.57. The van der Waals surface area contributed by atoms with Gasteiger partial charge in [-0.1, -0.05) is 12.1 Å². The minimum absolute atomic E-state index is 0.00289. The molecule has 2 aromatic carbocycles. The van der Waals surface area contributed by atoms with E-state index in [1.807, 2.05) is 0 Å². The van der Waals surface area contributed by atoms with Gasteiger partial charge in [0.05, 0.1) is 25.7 Å². The van der Waals surface area contributed by atoms with Crippen LogP contribution in [0.1, 0.15) is 27.4 Å². The van der Waals surface area contributed by atoms with E-state index in [9.17, 15) is 29.3 Å². The quantitative estimate of drug-likeness (QED) is 0.104. The molecular formula is C27H21N3O10. The lowest BCUT2D eigenvalue weighted by Gasteiger charge is -2.09. The Kier molecular flexibility index (Phi) is 8.04. The Hall–Kier alpha value is -5.72. The second kappa shape index (κ2) is 11.8. The van der Waals surface area contributed by atoms with Gasteiger partial charge in [-0.05, 0) is 48.0 Å². The van der Waals surface area contributed by atoms with Crippen molar-refractivity contribution in [3.05, 3.63) is 99.1 Å². The molecule has 0 bridgehead atoms. The second-order valence-corrected chi connectivity index (χ2v) is 8.14. The van der Waals surface area contributed by atoms with Crippen molar-refractivity contribution in [1.29, 1.82) is 0 Å². The fourth-order valence-electron chi connectivity index (χ4n) is 3.58. The number of hydrogen-bond acceptors (Lipinski definition) is 10. The van der Waals surface area contributed by atoms with E-state index < -0.39 is 28.8 Å². The molecule has 0 saturated carbocycles. The Morgan fingerprint density at radius 1 is 1.07 bits per heavy atom. The van der Waals surface area contributed by atoms with Gasteiger partial charge < -0.3 is 23.9 Å². The van der Waals surface area contributed by atoms with Gasteiger partial charge in [0.1, 0.15) is 23.0 Å².